The van der Waals surface area contributed by atoms with Crippen LogP contribution in [0.1, 0.15) is 0 Å². The number of aryl methyl sites for hydroxylation is 1. The van der Waals surface area contributed by atoms with Gasteiger partial charge in [0.25, 0.3) is 11.2 Å². The van der Waals surface area contributed by atoms with Gasteiger partial charge in [-0.25, -0.2) is 0 Å². The van der Waals surface area contributed by atoms with Crippen molar-refractivity contribution in [3.63, 3.8) is 0 Å². The lowest BCUT2D eigenvalue weighted by molar-refractivity contribution is -0.384. The van der Waals surface area contributed by atoms with E-state index in [4.69, 9.17) is 5.73 Å². The second-order valence-electron chi connectivity index (χ2n) is 3.93. The molecule has 2 aromatic rings. The van der Waals surface area contributed by atoms with Gasteiger partial charge in [0, 0.05) is 37.1 Å². The molecule has 2 rings (SSSR count). The molecule has 1 aromatic heterocycles. The van der Waals surface area contributed by atoms with Crippen molar-refractivity contribution in [3.05, 3.63) is 57.0 Å². The number of aromatic nitrogens is 1. The van der Waals surface area contributed by atoms with E-state index in [9.17, 15) is 14.9 Å². The summed E-state index contributed by atoms with van der Waals surface area (Å²) in [6.07, 6.45) is 1.60. The van der Waals surface area contributed by atoms with Crippen molar-refractivity contribution < 1.29 is 4.92 Å². The van der Waals surface area contributed by atoms with E-state index in [1.54, 1.807) is 25.4 Å². The third-order valence-electron chi connectivity index (χ3n) is 2.59. The van der Waals surface area contributed by atoms with Crippen LogP contribution in [0.5, 0.6) is 0 Å². The Bertz CT molecular complexity index is 677. The van der Waals surface area contributed by atoms with Crippen LogP contribution in [-0.2, 0) is 7.05 Å². The van der Waals surface area contributed by atoms with Crippen molar-refractivity contribution in [1.29, 1.82) is 0 Å². The Labute approximate surface area is 102 Å². The summed E-state index contributed by atoms with van der Waals surface area (Å²) >= 11 is 0. The van der Waals surface area contributed by atoms with E-state index in [-0.39, 0.29) is 11.2 Å². The lowest BCUT2D eigenvalue weighted by atomic mass is 10.1. The Hall–Kier alpha value is -2.63. The number of anilines is 1. The summed E-state index contributed by atoms with van der Waals surface area (Å²) < 4.78 is 1.42. The Balaban J connectivity index is 2.59. The van der Waals surface area contributed by atoms with Crippen molar-refractivity contribution in [3.8, 4) is 11.1 Å². The summed E-state index contributed by atoms with van der Waals surface area (Å²) in [7, 11) is 1.63. The van der Waals surface area contributed by atoms with Crippen molar-refractivity contribution in [1.82, 2.24) is 4.57 Å². The number of benzene rings is 1. The van der Waals surface area contributed by atoms with Gasteiger partial charge >= 0.3 is 0 Å². The zero-order chi connectivity index (χ0) is 13.3. The van der Waals surface area contributed by atoms with Crippen molar-refractivity contribution >= 4 is 11.4 Å². The van der Waals surface area contributed by atoms with Gasteiger partial charge in [-0.1, -0.05) is 0 Å². The SMILES string of the molecule is Cn1ccc(-c2cc(N)cc([N+](=O)[O-])c2)cc1=O. The standard InChI is InChI=1S/C12H11N3O3/c1-14-3-2-8(6-12(14)16)9-4-10(13)7-11(5-9)15(17)18/h2-7H,13H2,1H3. The normalized spacial score (nSPS) is 10.3. The van der Waals surface area contributed by atoms with Crippen LogP contribution in [0.3, 0.4) is 0 Å². The monoisotopic (exact) mass is 245 g/mol. The van der Waals surface area contributed by atoms with E-state index in [1.807, 2.05) is 0 Å². The molecule has 92 valence electrons. The molecule has 1 aromatic carbocycles. The molecule has 0 fully saturated rings. The lowest BCUT2D eigenvalue weighted by Crippen LogP contribution is -2.14. The van der Waals surface area contributed by atoms with Crippen molar-refractivity contribution in [2.45, 2.75) is 0 Å². The number of nitro groups is 1. The second kappa shape index (κ2) is 4.33. The minimum Gasteiger partial charge on any atom is -0.399 e. The molecule has 0 saturated carbocycles. The van der Waals surface area contributed by atoms with Crippen LogP contribution in [-0.4, -0.2) is 9.49 Å². The molecule has 0 spiro atoms. The number of rotatable bonds is 2. The summed E-state index contributed by atoms with van der Waals surface area (Å²) in [6.45, 7) is 0. The quantitative estimate of drug-likeness (QED) is 0.493. The van der Waals surface area contributed by atoms with Crippen LogP contribution in [0.25, 0.3) is 11.1 Å². The summed E-state index contributed by atoms with van der Waals surface area (Å²) in [5.41, 5.74) is 6.79. The van der Waals surface area contributed by atoms with Gasteiger partial charge in [-0.05, 0) is 23.3 Å². The number of nitrogens with zero attached hydrogens (tertiary/aromatic N) is 2. The average molecular weight is 245 g/mol. The minimum absolute atomic E-state index is 0.0920. The maximum absolute atomic E-state index is 11.5. The molecule has 6 nitrogen and oxygen atoms in total. The minimum atomic E-state index is -0.513. The first-order valence-corrected chi connectivity index (χ1v) is 5.19. The third kappa shape index (κ3) is 2.22. The lowest BCUT2D eigenvalue weighted by Gasteiger charge is -2.04. The molecular formula is C12H11N3O3. The third-order valence-corrected chi connectivity index (χ3v) is 2.59. The number of nitro benzene ring substituents is 1. The predicted octanol–water partition coefficient (Wildman–Crippen LogP) is 1.54. The smallest absolute Gasteiger partial charge is 0.272 e. The first-order valence-electron chi connectivity index (χ1n) is 5.19. The van der Waals surface area contributed by atoms with Gasteiger partial charge in [-0.2, -0.15) is 0 Å². The molecular weight excluding hydrogens is 234 g/mol. The number of hydrogen-bond donors (Lipinski definition) is 1. The van der Waals surface area contributed by atoms with Crippen molar-refractivity contribution in [2.24, 2.45) is 7.05 Å². The molecule has 0 unspecified atom stereocenters. The second-order valence-corrected chi connectivity index (χ2v) is 3.93. The highest BCUT2D eigenvalue weighted by atomic mass is 16.6. The fourth-order valence-corrected chi connectivity index (χ4v) is 1.63. The molecule has 0 bridgehead atoms. The summed E-state index contributed by atoms with van der Waals surface area (Å²) in [4.78, 5) is 21.7. The number of non-ortho nitro benzene ring substituents is 1. The Morgan fingerprint density at radius 2 is 1.94 bits per heavy atom. The maximum Gasteiger partial charge on any atom is 0.272 e. The van der Waals surface area contributed by atoms with E-state index in [2.05, 4.69) is 0 Å². The largest absolute Gasteiger partial charge is 0.399 e. The molecule has 0 atom stereocenters. The first-order chi connectivity index (χ1) is 8.47. The predicted molar refractivity (Wildman–Crippen MR) is 68.2 cm³/mol. The van der Waals surface area contributed by atoms with Gasteiger partial charge in [-0.15, -0.1) is 0 Å². The van der Waals surface area contributed by atoms with Crippen LogP contribution in [0, 0.1) is 10.1 Å². The molecule has 0 aliphatic heterocycles. The topological polar surface area (TPSA) is 91.2 Å². The van der Waals surface area contributed by atoms with Gasteiger partial charge < -0.3 is 10.3 Å². The zero-order valence-corrected chi connectivity index (χ0v) is 9.66. The highest BCUT2D eigenvalue weighted by Gasteiger charge is 2.10. The molecule has 0 saturated heterocycles. The zero-order valence-electron chi connectivity index (χ0n) is 9.66. The van der Waals surface area contributed by atoms with Crippen molar-refractivity contribution in [2.75, 3.05) is 5.73 Å². The van der Waals surface area contributed by atoms with Crippen LogP contribution in [0.15, 0.2) is 41.3 Å². The summed E-state index contributed by atoms with van der Waals surface area (Å²) in [5.74, 6) is 0. The van der Waals surface area contributed by atoms with Gasteiger partial charge in [-0.3, -0.25) is 14.9 Å². The van der Waals surface area contributed by atoms with E-state index >= 15 is 0 Å². The molecule has 0 aliphatic rings. The summed E-state index contributed by atoms with van der Waals surface area (Å²) in [5, 5.41) is 10.7. The van der Waals surface area contributed by atoms with E-state index in [0.29, 0.717) is 16.8 Å². The van der Waals surface area contributed by atoms with Gasteiger partial charge in [0.2, 0.25) is 0 Å². The fourth-order valence-electron chi connectivity index (χ4n) is 1.63. The molecule has 2 N–H and O–H groups in total. The van der Waals surface area contributed by atoms with Crippen LogP contribution >= 0.6 is 0 Å². The Morgan fingerprint density at radius 3 is 2.56 bits per heavy atom. The Morgan fingerprint density at radius 1 is 1.22 bits per heavy atom. The van der Waals surface area contributed by atoms with Crippen LogP contribution in [0.2, 0.25) is 0 Å². The Kier molecular flexibility index (Phi) is 2.85. The molecule has 6 heteroatoms. The van der Waals surface area contributed by atoms with Crippen LogP contribution in [0.4, 0.5) is 11.4 Å². The van der Waals surface area contributed by atoms with E-state index in [1.165, 1.54) is 22.8 Å². The van der Waals surface area contributed by atoms with Gasteiger partial charge in [0.05, 0.1) is 4.92 Å². The van der Waals surface area contributed by atoms with E-state index in [0.717, 1.165) is 0 Å². The number of pyridine rings is 1. The van der Waals surface area contributed by atoms with E-state index < -0.39 is 4.92 Å². The van der Waals surface area contributed by atoms with Gasteiger partial charge in [0.1, 0.15) is 0 Å². The average Bonchev–Trinajstić information content (AvgIpc) is 2.31. The fraction of sp³-hybridized carbons (Fsp3) is 0.0833. The molecule has 0 aliphatic carbocycles. The molecule has 18 heavy (non-hydrogen) atoms. The highest BCUT2D eigenvalue weighted by Crippen LogP contribution is 2.26. The highest BCUT2D eigenvalue weighted by molar-refractivity contribution is 5.70. The number of nitrogen functional groups attached to an aromatic ring is 1. The molecule has 0 radical (unpaired) electrons. The summed E-state index contributed by atoms with van der Waals surface area (Å²) in [6, 6.07) is 7.40. The number of hydrogen-bond acceptors (Lipinski definition) is 4. The first kappa shape index (κ1) is 11.8. The van der Waals surface area contributed by atoms with Gasteiger partial charge in [0.15, 0.2) is 0 Å². The number of nitrogens with two attached hydrogens (primary N) is 1. The molecule has 1 heterocycles. The molecule has 0 amide bonds. The maximum atomic E-state index is 11.5. The van der Waals surface area contributed by atoms with Crippen LogP contribution < -0.4 is 11.3 Å².